The lowest BCUT2D eigenvalue weighted by molar-refractivity contribution is -0.0589. The van der Waals surface area contributed by atoms with E-state index in [-0.39, 0.29) is 105 Å². The summed E-state index contributed by atoms with van der Waals surface area (Å²) >= 11 is 0. The maximum absolute atomic E-state index is 12.1. The van der Waals surface area contributed by atoms with E-state index in [0.29, 0.717) is 26.4 Å². The van der Waals surface area contributed by atoms with Crippen molar-refractivity contribution in [2.24, 2.45) is 0 Å². The Morgan fingerprint density at radius 2 is 0.922 bits per heavy atom. The van der Waals surface area contributed by atoms with Gasteiger partial charge in [0.05, 0.1) is 76.7 Å². The number of carbonyl (C=O) groups excluding carboxylic acids is 6. The van der Waals surface area contributed by atoms with Gasteiger partial charge in [0.2, 0.25) is 0 Å². The molecule has 1 saturated heterocycles. The smallest absolute Gasteiger partial charge is 0.407 e. The van der Waals surface area contributed by atoms with Gasteiger partial charge in [-0.2, -0.15) is 0 Å². The topological polar surface area (TPSA) is 343 Å². The highest BCUT2D eigenvalue weighted by molar-refractivity contribution is 6.01. The van der Waals surface area contributed by atoms with Crippen LogP contribution in [0.25, 0.3) is 0 Å². The maximum Gasteiger partial charge on any atom is 0.407 e. The number of aromatic carboxylic acids is 2. The molecule has 1 aliphatic rings. The molecule has 0 aromatic heterocycles. The number of aliphatic hydroxyl groups excluding tert-OH is 1. The van der Waals surface area contributed by atoms with E-state index in [1.54, 1.807) is 0 Å². The van der Waals surface area contributed by atoms with Gasteiger partial charge in [-0.3, -0.25) is 4.79 Å². The molecular weight excluding hydrogens is 1010 g/mol. The number of anilines is 2. The van der Waals surface area contributed by atoms with Crippen LogP contribution in [0.3, 0.4) is 0 Å². The van der Waals surface area contributed by atoms with Crippen LogP contribution in [-0.2, 0) is 51.1 Å². The third-order valence-electron chi connectivity index (χ3n) is 9.87. The number of nitrogens with one attached hydrogen (secondary N) is 6. The van der Waals surface area contributed by atoms with Gasteiger partial charge in [-0.15, -0.1) is 0 Å². The van der Waals surface area contributed by atoms with Crippen LogP contribution in [0.15, 0.2) is 97.1 Å². The average molecular weight is 1080 g/mol. The van der Waals surface area contributed by atoms with Crippen molar-refractivity contribution in [3.8, 4) is 0 Å². The summed E-state index contributed by atoms with van der Waals surface area (Å²) in [4.78, 5) is 92.9. The van der Waals surface area contributed by atoms with E-state index < -0.39 is 48.4 Å². The number of hydrogen-bond acceptors (Lipinski definition) is 17. The van der Waals surface area contributed by atoms with E-state index in [1.807, 2.05) is 60.7 Å². The Hall–Kier alpha value is -8.20. The SMILES string of the molecule is COC(=O)c1cc(NC(=O)NCCOCCOCCNC(=O)OCc2ccccc2)cc(C(C)=O)c1.O=C(NCCOCCOCCNC(=O)OCc1ccccc1)Nc1cc(C(=O)O)cc(C(=O)O)c1.OC1CCCO1. The van der Waals surface area contributed by atoms with Crippen LogP contribution in [0, 0.1) is 0 Å². The van der Waals surface area contributed by atoms with E-state index in [2.05, 4.69) is 36.6 Å². The fourth-order valence-electron chi connectivity index (χ4n) is 6.11. The number of aliphatic hydroxyl groups is 1. The lowest BCUT2D eigenvalue weighted by Gasteiger charge is -2.11. The molecule has 9 N–H and O–H groups in total. The van der Waals surface area contributed by atoms with Crippen LogP contribution in [0.4, 0.5) is 30.6 Å². The monoisotopic (exact) mass is 1080 g/mol. The van der Waals surface area contributed by atoms with Gasteiger partial charge in [0.1, 0.15) is 13.2 Å². The molecule has 0 spiro atoms. The number of urea groups is 2. The fraction of sp³-hybridized carbons (Fsp3) is 0.385. The number of esters is 1. The highest BCUT2D eigenvalue weighted by Crippen LogP contribution is 2.18. The normalized spacial score (nSPS) is 12.2. The van der Waals surface area contributed by atoms with E-state index in [9.17, 15) is 38.4 Å². The van der Waals surface area contributed by atoms with Gasteiger partial charge in [-0.1, -0.05) is 60.7 Å². The third-order valence-corrected chi connectivity index (χ3v) is 9.87. The zero-order valence-corrected chi connectivity index (χ0v) is 42.7. The number of hydrogen-bond donors (Lipinski definition) is 9. The molecule has 0 aliphatic carbocycles. The quantitative estimate of drug-likeness (QED) is 0.0156. The Balaban J connectivity index is 0.000000364. The first-order valence-electron chi connectivity index (χ1n) is 24.1. The number of benzene rings is 4. The molecule has 4 aromatic rings. The number of ketones is 1. The van der Waals surface area contributed by atoms with Crippen molar-refractivity contribution in [1.82, 2.24) is 21.3 Å². The second-order valence-corrected chi connectivity index (χ2v) is 15.9. The number of Topliss-reactive ketones (excluding diaryl/α,β-unsaturated/α-hetero) is 1. The second kappa shape index (κ2) is 37.5. The Morgan fingerprint density at radius 1 is 0.532 bits per heavy atom. The molecule has 1 unspecified atom stereocenters. The minimum Gasteiger partial charge on any atom is -0.478 e. The summed E-state index contributed by atoms with van der Waals surface area (Å²) in [5.41, 5.74) is 2.02. The molecule has 418 valence electrons. The molecule has 1 aliphatic heterocycles. The molecule has 25 nitrogen and oxygen atoms in total. The van der Waals surface area contributed by atoms with Crippen molar-refractivity contribution in [2.75, 3.05) is 103 Å². The molecule has 1 atom stereocenters. The zero-order valence-electron chi connectivity index (χ0n) is 42.7. The number of ether oxygens (including phenoxy) is 8. The van der Waals surface area contributed by atoms with Gasteiger partial charge in [0.15, 0.2) is 12.1 Å². The van der Waals surface area contributed by atoms with Crippen molar-refractivity contribution in [3.05, 3.63) is 130 Å². The van der Waals surface area contributed by atoms with Gasteiger partial charge >= 0.3 is 42.2 Å². The molecule has 0 bridgehead atoms. The van der Waals surface area contributed by atoms with Crippen LogP contribution >= 0.6 is 0 Å². The number of alkyl carbamates (subject to hydrolysis) is 2. The predicted octanol–water partition coefficient (Wildman–Crippen LogP) is 5.04. The van der Waals surface area contributed by atoms with E-state index in [4.69, 9.17) is 48.5 Å². The highest BCUT2D eigenvalue weighted by Gasteiger charge is 2.15. The lowest BCUT2D eigenvalue weighted by Crippen LogP contribution is -2.32. The van der Waals surface area contributed by atoms with Gasteiger partial charge < -0.3 is 85.1 Å². The van der Waals surface area contributed by atoms with Gasteiger partial charge in [-0.25, -0.2) is 33.6 Å². The number of methoxy groups -OCH3 is 1. The summed E-state index contributed by atoms with van der Waals surface area (Å²) in [7, 11) is 1.23. The summed E-state index contributed by atoms with van der Waals surface area (Å²) in [6.45, 7) is 5.66. The standard InChI is InChI=1S/C25H31N3O8.C23H27N3O9.C4H8O2/c1-18(29)20-14-21(23(30)33-2)16-22(15-20)28-24(31)26-8-10-34-12-13-35-11-9-27-25(32)36-17-19-6-4-3-5-7-19;27-20(28)17-12-18(21(29)30)14-19(13-17)26-22(31)24-6-8-33-10-11-34-9-7-25-23(32)35-15-16-4-2-1-3-5-16;5-4-2-1-3-6-4/h3-7,14-16H,8-13,17H2,1-2H3,(H,27,32)(H2,26,28,31);1-5,12-14H,6-11,15H2,(H,25,32)(H,27,28)(H,29,30)(H2,24,26,31);4-5H,1-3H2. The van der Waals surface area contributed by atoms with Crippen LogP contribution in [-0.4, -0.2) is 162 Å². The Bertz CT molecular complexity index is 2430. The first-order chi connectivity index (χ1) is 37.1. The minimum atomic E-state index is -1.31. The lowest BCUT2D eigenvalue weighted by atomic mass is 10.1. The Morgan fingerprint density at radius 3 is 1.27 bits per heavy atom. The van der Waals surface area contributed by atoms with Crippen molar-refractivity contribution in [3.63, 3.8) is 0 Å². The number of carboxylic acid groups (broad SMARTS) is 2. The summed E-state index contributed by atoms with van der Waals surface area (Å²) in [5, 5.41) is 41.9. The van der Waals surface area contributed by atoms with Gasteiger partial charge in [-0.05, 0) is 60.9 Å². The summed E-state index contributed by atoms with van der Waals surface area (Å²) < 4.78 is 40.9. The molecule has 77 heavy (non-hydrogen) atoms. The van der Waals surface area contributed by atoms with Crippen molar-refractivity contribution in [2.45, 2.75) is 39.3 Å². The molecule has 6 amide bonds. The Kier molecular flexibility index (Phi) is 30.7. The molecular formula is C52H66N6O19. The molecule has 25 heteroatoms. The molecule has 0 radical (unpaired) electrons. The highest BCUT2D eigenvalue weighted by atomic mass is 16.6. The van der Waals surface area contributed by atoms with Gasteiger partial charge in [0.25, 0.3) is 0 Å². The van der Waals surface area contributed by atoms with E-state index in [1.165, 1.54) is 32.2 Å². The van der Waals surface area contributed by atoms with Crippen LogP contribution in [0.1, 0.15) is 72.3 Å². The number of carbonyl (C=O) groups is 8. The number of amides is 6. The summed E-state index contributed by atoms with van der Waals surface area (Å²) in [6.07, 6.45) is 0.329. The van der Waals surface area contributed by atoms with Crippen molar-refractivity contribution >= 4 is 59.3 Å². The second-order valence-electron chi connectivity index (χ2n) is 15.9. The average Bonchev–Trinajstić information content (AvgIpc) is 3.91. The minimum absolute atomic E-state index is 0.0340. The number of carboxylic acids is 2. The first kappa shape index (κ1) is 63.1. The van der Waals surface area contributed by atoms with E-state index in [0.717, 1.165) is 48.8 Å². The molecule has 5 rings (SSSR count). The zero-order chi connectivity index (χ0) is 56.0. The third kappa shape index (κ3) is 28.9. The summed E-state index contributed by atoms with van der Waals surface area (Å²) in [6, 6.07) is 25.1. The largest absolute Gasteiger partial charge is 0.478 e. The Labute approximate surface area is 444 Å². The van der Waals surface area contributed by atoms with E-state index >= 15 is 0 Å². The predicted molar refractivity (Wildman–Crippen MR) is 276 cm³/mol. The molecule has 4 aromatic carbocycles. The van der Waals surface area contributed by atoms with Crippen LogP contribution in [0.2, 0.25) is 0 Å². The van der Waals surface area contributed by atoms with Gasteiger partial charge in [0, 0.05) is 56.1 Å². The molecule has 1 heterocycles. The fourth-order valence-corrected chi connectivity index (χ4v) is 6.11. The maximum atomic E-state index is 12.1. The first-order valence-corrected chi connectivity index (χ1v) is 24.1. The van der Waals surface area contributed by atoms with Crippen LogP contribution in [0.5, 0.6) is 0 Å². The van der Waals surface area contributed by atoms with Crippen molar-refractivity contribution < 1.29 is 91.6 Å². The number of rotatable bonds is 28. The van der Waals surface area contributed by atoms with Crippen molar-refractivity contribution in [1.29, 1.82) is 0 Å². The summed E-state index contributed by atoms with van der Waals surface area (Å²) in [5.74, 6) is -3.49. The van der Waals surface area contributed by atoms with Crippen LogP contribution < -0.4 is 31.9 Å². The molecule has 0 saturated carbocycles. The molecule has 1 fully saturated rings.